The highest BCUT2D eigenvalue weighted by Gasteiger charge is 2.21. The van der Waals surface area contributed by atoms with Crippen LogP contribution in [0, 0.1) is 2.88 Å². The van der Waals surface area contributed by atoms with E-state index < -0.39 is 0 Å². The van der Waals surface area contributed by atoms with E-state index in [9.17, 15) is 0 Å². The summed E-state index contributed by atoms with van der Waals surface area (Å²) >= 11 is 4.21. The first-order valence-electron chi connectivity index (χ1n) is 3.91. The first-order chi connectivity index (χ1) is 5.81. The number of rotatable bonds is 1. The fourth-order valence-electron chi connectivity index (χ4n) is 1.46. The molecule has 0 amide bonds. The zero-order chi connectivity index (χ0) is 8.55. The van der Waals surface area contributed by atoms with Gasteiger partial charge in [-0.3, -0.25) is 0 Å². The third kappa shape index (κ3) is 2.36. The summed E-state index contributed by atoms with van der Waals surface area (Å²) in [5, 5.41) is 0. The van der Waals surface area contributed by atoms with E-state index in [1.165, 1.54) is 13.3 Å². The predicted octanol–water partition coefficient (Wildman–Crippen LogP) is 2.35. The van der Waals surface area contributed by atoms with Crippen LogP contribution in [-0.4, -0.2) is 13.2 Å². The number of ether oxygens (including phenoxy) is 1. The quantitative estimate of drug-likeness (QED) is 0.802. The van der Waals surface area contributed by atoms with Gasteiger partial charge in [-0.15, -0.1) is 23.7 Å². The van der Waals surface area contributed by atoms with Gasteiger partial charge < -0.3 is 10.5 Å². The summed E-state index contributed by atoms with van der Waals surface area (Å²) < 4.78 is 6.88. The molecular weight excluding hydrogens is 321 g/mol. The van der Waals surface area contributed by atoms with Gasteiger partial charge in [-0.1, -0.05) is 0 Å². The summed E-state index contributed by atoms with van der Waals surface area (Å²) in [5.74, 6) is 0. The van der Waals surface area contributed by atoms with Gasteiger partial charge in [-0.05, 0) is 34.2 Å². The molecule has 1 aliphatic heterocycles. The Labute approximate surface area is 101 Å². The molecule has 13 heavy (non-hydrogen) atoms. The minimum Gasteiger partial charge on any atom is -0.372 e. The second-order valence-electron chi connectivity index (χ2n) is 2.77. The maximum atomic E-state index is 5.60. The van der Waals surface area contributed by atoms with Crippen LogP contribution in [0.25, 0.3) is 0 Å². The highest BCUT2D eigenvalue weighted by molar-refractivity contribution is 14.1. The van der Waals surface area contributed by atoms with Crippen LogP contribution >= 0.6 is 46.3 Å². The second-order valence-corrected chi connectivity index (χ2v) is 5.81. The summed E-state index contributed by atoms with van der Waals surface area (Å²) in [7, 11) is 0. The first kappa shape index (κ1) is 11.7. The lowest BCUT2D eigenvalue weighted by molar-refractivity contribution is 0.0498. The van der Waals surface area contributed by atoms with E-state index in [2.05, 4.69) is 28.7 Å². The molecule has 0 aromatic carbocycles. The SMILES string of the molecule is Cl.NCC1OCCc2sc(I)cc21. The average molecular weight is 332 g/mol. The number of hydrogen-bond acceptors (Lipinski definition) is 3. The van der Waals surface area contributed by atoms with Gasteiger partial charge in [0.2, 0.25) is 0 Å². The molecule has 1 atom stereocenters. The van der Waals surface area contributed by atoms with Crippen LogP contribution in [0.3, 0.4) is 0 Å². The highest BCUT2D eigenvalue weighted by Crippen LogP contribution is 2.33. The molecule has 5 heteroatoms. The van der Waals surface area contributed by atoms with Crippen molar-refractivity contribution in [1.29, 1.82) is 0 Å². The summed E-state index contributed by atoms with van der Waals surface area (Å²) in [6.07, 6.45) is 1.20. The summed E-state index contributed by atoms with van der Waals surface area (Å²) in [6.45, 7) is 1.42. The minimum atomic E-state index is 0. The van der Waals surface area contributed by atoms with Crippen molar-refractivity contribution in [2.24, 2.45) is 5.73 Å². The molecule has 2 rings (SSSR count). The van der Waals surface area contributed by atoms with E-state index in [1.807, 2.05) is 11.3 Å². The molecule has 1 aromatic heterocycles. The molecule has 0 bridgehead atoms. The van der Waals surface area contributed by atoms with Crippen LogP contribution in [0.15, 0.2) is 6.07 Å². The largest absolute Gasteiger partial charge is 0.372 e. The van der Waals surface area contributed by atoms with Gasteiger partial charge in [-0.25, -0.2) is 0 Å². The van der Waals surface area contributed by atoms with Crippen molar-refractivity contribution >= 4 is 46.3 Å². The Balaban J connectivity index is 0.000000845. The minimum absolute atomic E-state index is 0. The lowest BCUT2D eigenvalue weighted by Gasteiger charge is -2.21. The second kappa shape index (κ2) is 4.93. The van der Waals surface area contributed by atoms with Gasteiger partial charge in [0, 0.05) is 17.8 Å². The Bertz CT molecular complexity index is 292. The van der Waals surface area contributed by atoms with Crippen LogP contribution in [0.2, 0.25) is 0 Å². The van der Waals surface area contributed by atoms with Gasteiger partial charge in [0.1, 0.15) is 0 Å². The molecule has 2 nitrogen and oxygen atoms in total. The summed E-state index contributed by atoms with van der Waals surface area (Å²) in [4.78, 5) is 1.46. The zero-order valence-electron chi connectivity index (χ0n) is 6.96. The molecule has 0 spiro atoms. The molecule has 0 saturated carbocycles. The van der Waals surface area contributed by atoms with Crippen LogP contribution in [0.4, 0.5) is 0 Å². The molecule has 0 fully saturated rings. The molecule has 0 radical (unpaired) electrons. The number of fused-ring (bicyclic) bond motifs is 1. The zero-order valence-corrected chi connectivity index (χ0v) is 10.7. The monoisotopic (exact) mass is 331 g/mol. The molecule has 2 N–H and O–H groups in total. The van der Waals surface area contributed by atoms with Crippen LogP contribution in [-0.2, 0) is 11.2 Å². The van der Waals surface area contributed by atoms with Gasteiger partial charge in [0.15, 0.2) is 0 Å². The Morgan fingerprint density at radius 3 is 3.15 bits per heavy atom. The third-order valence-corrected chi connectivity index (χ3v) is 3.99. The topological polar surface area (TPSA) is 35.2 Å². The van der Waals surface area contributed by atoms with E-state index in [1.54, 1.807) is 0 Å². The molecule has 0 saturated heterocycles. The molecule has 1 aliphatic rings. The van der Waals surface area contributed by atoms with E-state index in [4.69, 9.17) is 10.5 Å². The fraction of sp³-hybridized carbons (Fsp3) is 0.500. The lowest BCUT2D eigenvalue weighted by Crippen LogP contribution is -2.21. The maximum absolute atomic E-state index is 5.60. The van der Waals surface area contributed by atoms with Crippen molar-refractivity contribution in [3.05, 3.63) is 19.4 Å². The smallest absolute Gasteiger partial charge is 0.0958 e. The van der Waals surface area contributed by atoms with E-state index in [0.29, 0.717) is 6.54 Å². The number of hydrogen-bond donors (Lipinski definition) is 1. The number of nitrogens with two attached hydrogens (primary N) is 1. The third-order valence-electron chi connectivity index (χ3n) is 2.02. The number of halogens is 2. The Kier molecular flexibility index (Phi) is 4.44. The molecular formula is C8H11ClINOS. The van der Waals surface area contributed by atoms with E-state index in [0.717, 1.165) is 13.0 Å². The summed E-state index contributed by atoms with van der Waals surface area (Å²) in [5.41, 5.74) is 6.92. The van der Waals surface area contributed by atoms with Crippen LogP contribution < -0.4 is 5.73 Å². The van der Waals surface area contributed by atoms with Gasteiger partial charge in [-0.2, -0.15) is 0 Å². The Morgan fingerprint density at radius 1 is 1.69 bits per heavy atom. The van der Waals surface area contributed by atoms with E-state index in [-0.39, 0.29) is 18.5 Å². The molecule has 1 unspecified atom stereocenters. The lowest BCUT2D eigenvalue weighted by atomic mass is 10.1. The predicted molar refractivity (Wildman–Crippen MR) is 65.7 cm³/mol. The van der Waals surface area contributed by atoms with Gasteiger partial charge >= 0.3 is 0 Å². The van der Waals surface area contributed by atoms with Gasteiger partial charge in [0.25, 0.3) is 0 Å². The van der Waals surface area contributed by atoms with Gasteiger partial charge in [0.05, 0.1) is 15.6 Å². The maximum Gasteiger partial charge on any atom is 0.0958 e. The normalized spacial score (nSPS) is 20.6. The molecule has 2 heterocycles. The summed E-state index contributed by atoms with van der Waals surface area (Å²) in [6, 6.07) is 2.19. The van der Waals surface area contributed by atoms with Crippen molar-refractivity contribution in [3.8, 4) is 0 Å². The standard InChI is InChI=1S/C8H10INOS.ClH/c9-8-3-5-6(4-10)11-2-1-7(5)12-8;/h3,6H,1-2,4,10H2;1H. The van der Waals surface area contributed by atoms with Crippen LogP contribution in [0.5, 0.6) is 0 Å². The van der Waals surface area contributed by atoms with Crippen molar-refractivity contribution in [3.63, 3.8) is 0 Å². The fourth-order valence-corrected chi connectivity index (χ4v) is 3.50. The van der Waals surface area contributed by atoms with Crippen LogP contribution in [0.1, 0.15) is 16.5 Å². The number of thiophene rings is 1. The molecule has 1 aromatic rings. The van der Waals surface area contributed by atoms with Crippen molar-refractivity contribution in [2.75, 3.05) is 13.2 Å². The molecule has 74 valence electrons. The Hall–Kier alpha value is 0.640. The average Bonchev–Trinajstić information content (AvgIpc) is 2.44. The first-order valence-corrected chi connectivity index (χ1v) is 5.80. The molecule has 0 aliphatic carbocycles. The van der Waals surface area contributed by atoms with E-state index >= 15 is 0 Å². The highest BCUT2D eigenvalue weighted by atomic mass is 127. The Morgan fingerprint density at radius 2 is 2.46 bits per heavy atom. The van der Waals surface area contributed by atoms with Crippen molar-refractivity contribution < 1.29 is 4.74 Å². The van der Waals surface area contributed by atoms with Crippen molar-refractivity contribution in [1.82, 2.24) is 0 Å². The van der Waals surface area contributed by atoms with Crippen molar-refractivity contribution in [2.45, 2.75) is 12.5 Å².